The molecule has 0 aromatic heterocycles. The van der Waals surface area contributed by atoms with E-state index in [1.165, 1.54) is 0 Å². The Hall–Kier alpha value is -0.0406. The summed E-state index contributed by atoms with van der Waals surface area (Å²) in [4.78, 5) is 9.25. The van der Waals surface area contributed by atoms with Crippen molar-refractivity contribution < 1.29 is 9.90 Å². The molecule has 0 aliphatic heterocycles. The maximum Gasteiger partial charge on any atom is 0.327 e. The Morgan fingerprint density at radius 2 is 1.86 bits per heavy atom. The van der Waals surface area contributed by atoms with Crippen LogP contribution in [0.4, 0.5) is 0 Å². The van der Waals surface area contributed by atoms with Gasteiger partial charge in [0.25, 0.3) is 0 Å². The number of rotatable bonds is 1. The molecule has 0 unspecified atom stereocenters. The molecule has 0 aliphatic rings. The Balaban J connectivity index is -0.0000000800. The maximum absolute atomic E-state index is 9.25. The first kappa shape index (κ1) is 15.8. The summed E-state index contributed by atoms with van der Waals surface area (Å²) < 4.78 is 0. The van der Waals surface area contributed by atoms with Gasteiger partial charge in [-0.05, 0) is 11.0 Å². The van der Waals surface area contributed by atoms with Gasteiger partial charge < -0.3 is 5.11 Å². The molecule has 0 saturated carbocycles. The third-order valence-corrected chi connectivity index (χ3v) is 0.175. The van der Waals surface area contributed by atoms with Gasteiger partial charge in [-0.15, -0.1) is 0 Å². The van der Waals surface area contributed by atoms with Gasteiger partial charge in [0.05, 0.1) is 0 Å². The van der Waals surface area contributed by atoms with E-state index in [1.807, 2.05) is 0 Å². The number of hydrogen-bond acceptors (Lipinski definition) is 1. The van der Waals surface area contributed by atoms with E-state index in [1.54, 1.807) is 0 Å². The Morgan fingerprint density at radius 3 is 1.86 bits per heavy atom. The number of aliphatic carboxylic acids is 1. The van der Waals surface area contributed by atoms with Gasteiger partial charge in [-0.1, -0.05) is 6.58 Å². The molecule has 42 valence electrons. The molecule has 0 aliphatic carbocycles. The molecule has 0 aromatic rings. The van der Waals surface area contributed by atoms with Gasteiger partial charge in [-0.25, -0.2) is 4.79 Å². The van der Waals surface area contributed by atoms with Gasteiger partial charge in [0, 0.05) is 6.08 Å². The van der Waals surface area contributed by atoms with Crippen LogP contribution in [0.5, 0.6) is 0 Å². The normalized spacial score (nSPS) is 4.57. The topological polar surface area (TPSA) is 37.3 Å². The van der Waals surface area contributed by atoms with E-state index >= 15 is 0 Å². The Labute approximate surface area is 57.4 Å². The zero-order valence-corrected chi connectivity index (χ0v) is 2.64. The highest BCUT2D eigenvalue weighted by molar-refractivity contribution is 5.78. The lowest BCUT2D eigenvalue weighted by Gasteiger charge is -1.64. The molecule has 0 atom stereocenters. The minimum atomic E-state index is -0.981. The van der Waals surface area contributed by atoms with Crippen molar-refractivity contribution in [3.8, 4) is 0 Å². The molecule has 0 heterocycles. The lowest BCUT2D eigenvalue weighted by Crippen LogP contribution is -1.82. The van der Waals surface area contributed by atoms with Gasteiger partial charge in [-0.2, -0.15) is 0 Å². The van der Waals surface area contributed by atoms with E-state index in [0.717, 1.165) is 6.08 Å². The second-order valence-corrected chi connectivity index (χ2v) is 0.542. The van der Waals surface area contributed by atoms with E-state index < -0.39 is 5.97 Å². The summed E-state index contributed by atoms with van der Waals surface area (Å²) in [5.41, 5.74) is 0. The van der Waals surface area contributed by atoms with Crippen molar-refractivity contribution in [2.45, 2.75) is 0 Å². The molecular weight excluding hydrogens is 123 g/mol. The average Bonchev–Trinajstić information content (AvgIpc) is 1.38. The lowest BCUT2D eigenvalue weighted by molar-refractivity contribution is -0.131. The van der Waals surface area contributed by atoms with Gasteiger partial charge in [0.15, 0.2) is 17.4 Å². The van der Waals surface area contributed by atoms with Crippen LogP contribution in [0.2, 0.25) is 0 Å². The fourth-order valence-electron chi connectivity index (χ4n) is 0. The van der Waals surface area contributed by atoms with E-state index in [0.29, 0.717) is 0 Å². The van der Waals surface area contributed by atoms with Crippen molar-refractivity contribution >= 4 is 34.3 Å². The fourth-order valence-corrected chi connectivity index (χ4v) is 0. The molecule has 0 spiro atoms. The third kappa shape index (κ3) is 24.3. The van der Waals surface area contributed by atoms with E-state index in [4.69, 9.17) is 5.11 Å². The van der Waals surface area contributed by atoms with Crippen molar-refractivity contribution in [2.75, 3.05) is 0 Å². The SMILES string of the molecule is C=CC(=O)O.[AlH3].[SiH4]. The van der Waals surface area contributed by atoms with Crippen molar-refractivity contribution in [3.05, 3.63) is 12.7 Å². The number of hydrogen-bond donors (Lipinski definition) is 1. The van der Waals surface area contributed by atoms with Crippen LogP contribution in [-0.2, 0) is 4.79 Å². The summed E-state index contributed by atoms with van der Waals surface area (Å²) in [5.74, 6) is -0.981. The van der Waals surface area contributed by atoms with E-state index in [-0.39, 0.29) is 28.3 Å². The van der Waals surface area contributed by atoms with Crippen LogP contribution in [0, 0.1) is 0 Å². The molecule has 0 bridgehead atoms. The predicted molar refractivity (Wildman–Crippen MR) is 39.1 cm³/mol. The molecule has 0 saturated heterocycles. The smallest absolute Gasteiger partial charge is 0.327 e. The largest absolute Gasteiger partial charge is 0.478 e. The van der Waals surface area contributed by atoms with E-state index in [9.17, 15) is 4.79 Å². The molecular formula is C3H11AlO2Si. The highest BCUT2D eigenvalue weighted by atomic mass is 28.1. The Morgan fingerprint density at radius 1 is 1.71 bits per heavy atom. The molecule has 0 radical (unpaired) electrons. The summed E-state index contributed by atoms with van der Waals surface area (Å²) >= 11 is 0. The first-order valence-corrected chi connectivity index (χ1v) is 1.12. The van der Waals surface area contributed by atoms with Crippen LogP contribution >= 0.6 is 0 Å². The van der Waals surface area contributed by atoms with Crippen LogP contribution < -0.4 is 0 Å². The van der Waals surface area contributed by atoms with Crippen molar-refractivity contribution in [1.82, 2.24) is 0 Å². The Kier molecular flexibility index (Phi) is 21.1. The summed E-state index contributed by atoms with van der Waals surface area (Å²) in [5, 5.41) is 7.60. The highest BCUT2D eigenvalue weighted by Crippen LogP contribution is 1.54. The average molecular weight is 134 g/mol. The monoisotopic (exact) mass is 134 g/mol. The summed E-state index contributed by atoms with van der Waals surface area (Å²) in [7, 11) is 0. The maximum atomic E-state index is 9.25. The molecule has 7 heavy (non-hydrogen) atoms. The minimum Gasteiger partial charge on any atom is -0.478 e. The first-order valence-electron chi connectivity index (χ1n) is 1.12. The molecule has 1 N–H and O–H groups in total. The van der Waals surface area contributed by atoms with Crippen molar-refractivity contribution in [1.29, 1.82) is 0 Å². The first-order chi connectivity index (χ1) is 2.27. The highest BCUT2D eigenvalue weighted by Gasteiger charge is 1.73. The molecule has 4 heteroatoms. The van der Waals surface area contributed by atoms with Gasteiger partial charge >= 0.3 is 5.97 Å². The van der Waals surface area contributed by atoms with Crippen LogP contribution in [0.3, 0.4) is 0 Å². The van der Waals surface area contributed by atoms with Gasteiger partial charge in [0.1, 0.15) is 0 Å². The second-order valence-electron chi connectivity index (χ2n) is 0.542. The summed E-state index contributed by atoms with van der Waals surface area (Å²) in [6, 6.07) is 0. The molecule has 0 fully saturated rings. The van der Waals surface area contributed by atoms with Crippen molar-refractivity contribution in [2.24, 2.45) is 0 Å². The lowest BCUT2D eigenvalue weighted by atomic mass is 10.7. The minimum absolute atomic E-state index is 0. The quantitative estimate of drug-likeness (QED) is 0.321. The van der Waals surface area contributed by atoms with Crippen LogP contribution in [-0.4, -0.2) is 39.4 Å². The Bertz CT molecular complexity index is 64.0. The number of carboxylic acid groups (broad SMARTS) is 1. The summed E-state index contributed by atoms with van der Waals surface area (Å²) in [6.07, 6.45) is 0.833. The van der Waals surface area contributed by atoms with Crippen LogP contribution in [0.25, 0.3) is 0 Å². The van der Waals surface area contributed by atoms with Gasteiger partial charge in [-0.3, -0.25) is 0 Å². The zero-order valence-electron chi connectivity index (χ0n) is 2.64. The summed E-state index contributed by atoms with van der Waals surface area (Å²) in [6.45, 7) is 2.96. The standard InChI is InChI=1S/C3H4O2.Al.H4Si.3H/c1-2-3(4)5;;;;;/h2H,1H2,(H,4,5);;1H4;;;. The van der Waals surface area contributed by atoms with E-state index in [2.05, 4.69) is 6.58 Å². The zero-order chi connectivity index (χ0) is 4.28. The number of carboxylic acids is 1. The molecule has 0 rings (SSSR count). The molecule has 0 aromatic carbocycles. The van der Waals surface area contributed by atoms with Crippen LogP contribution in [0.1, 0.15) is 0 Å². The van der Waals surface area contributed by atoms with Gasteiger partial charge in [0.2, 0.25) is 0 Å². The van der Waals surface area contributed by atoms with Crippen LogP contribution in [0.15, 0.2) is 12.7 Å². The third-order valence-electron chi connectivity index (χ3n) is 0.175. The fraction of sp³-hybridized carbons (Fsp3) is 0. The predicted octanol–water partition coefficient (Wildman–Crippen LogP) is -2.38. The molecule has 2 nitrogen and oxygen atoms in total. The number of carbonyl (C=O) groups is 1. The second kappa shape index (κ2) is 9.35. The van der Waals surface area contributed by atoms with Crippen molar-refractivity contribution in [3.63, 3.8) is 0 Å². The molecule has 0 amide bonds.